The van der Waals surface area contributed by atoms with Gasteiger partial charge in [-0.2, -0.15) is 5.10 Å². The molecule has 19 heavy (non-hydrogen) atoms. The van der Waals surface area contributed by atoms with Crippen molar-refractivity contribution >= 4 is 5.69 Å². The zero-order chi connectivity index (χ0) is 14.0. The largest absolute Gasteiger partial charge is 0.437 e. The number of aryl methyl sites for hydroxylation is 3. The molecule has 0 saturated carbocycles. The monoisotopic (exact) mass is 259 g/mol. The zero-order valence-electron chi connectivity index (χ0n) is 12.0. The predicted octanol–water partition coefficient (Wildman–Crippen LogP) is 3.36. The third kappa shape index (κ3) is 2.57. The molecule has 0 spiro atoms. The zero-order valence-corrected chi connectivity index (χ0v) is 12.0. The highest BCUT2D eigenvalue weighted by Gasteiger charge is 2.15. The first-order valence-electron chi connectivity index (χ1n) is 6.60. The van der Waals surface area contributed by atoms with Gasteiger partial charge in [-0.25, -0.2) is 4.68 Å². The highest BCUT2D eigenvalue weighted by atomic mass is 16.5. The number of benzene rings is 1. The fraction of sp³-hybridized carbons (Fsp3) is 0.400. The second-order valence-corrected chi connectivity index (χ2v) is 4.84. The third-order valence-electron chi connectivity index (χ3n) is 3.35. The highest BCUT2D eigenvalue weighted by molar-refractivity contribution is 5.55. The summed E-state index contributed by atoms with van der Waals surface area (Å²) in [7, 11) is 1.86. The molecule has 1 aromatic carbocycles. The van der Waals surface area contributed by atoms with Crippen LogP contribution in [0.4, 0.5) is 5.69 Å². The summed E-state index contributed by atoms with van der Waals surface area (Å²) in [6.45, 7) is 6.22. The van der Waals surface area contributed by atoms with E-state index in [0.29, 0.717) is 11.6 Å². The maximum atomic E-state index is 6.12. The number of rotatable bonds is 4. The van der Waals surface area contributed by atoms with E-state index in [-0.39, 0.29) is 0 Å². The molecular weight excluding hydrogens is 238 g/mol. The van der Waals surface area contributed by atoms with Gasteiger partial charge in [0.15, 0.2) is 0 Å². The minimum atomic E-state index is 0.622. The van der Waals surface area contributed by atoms with E-state index < -0.39 is 0 Å². The standard InChI is InChI=1S/C15H21N3O/c1-5-7-12-14(16)15(18(4)17-12)19-13-9-6-8-10(2)11(13)3/h6,8-9H,5,7,16H2,1-4H3. The molecule has 4 heteroatoms. The average molecular weight is 259 g/mol. The summed E-state index contributed by atoms with van der Waals surface area (Å²) in [6.07, 6.45) is 1.89. The molecule has 4 nitrogen and oxygen atoms in total. The van der Waals surface area contributed by atoms with Gasteiger partial charge >= 0.3 is 0 Å². The van der Waals surface area contributed by atoms with E-state index in [9.17, 15) is 0 Å². The molecule has 0 bridgehead atoms. The fourth-order valence-electron chi connectivity index (χ4n) is 2.06. The molecule has 0 aliphatic heterocycles. The molecule has 0 amide bonds. The van der Waals surface area contributed by atoms with Crippen LogP contribution in [0.3, 0.4) is 0 Å². The molecule has 1 aromatic heterocycles. The van der Waals surface area contributed by atoms with Crippen LogP contribution in [-0.2, 0) is 13.5 Å². The molecule has 0 aliphatic carbocycles. The summed E-state index contributed by atoms with van der Waals surface area (Å²) in [6, 6.07) is 6.00. The summed E-state index contributed by atoms with van der Waals surface area (Å²) >= 11 is 0. The van der Waals surface area contributed by atoms with Crippen molar-refractivity contribution in [3.05, 3.63) is 35.0 Å². The topological polar surface area (TPSA) is 53.1 Å². The van der Waals surface area contributed by atoms with Crippen LogP contribution in [-0.4, -0.2) is 9.78 Å². The second kappa shape index (κ2) is 5.34. The Bertz CT molecular complexity index is 587. The molecule has 0 radical (unpaired) electrons. The molecule has 0 unspecified atom stereocenters. The molecule has 102 valence electrons. The number of hydrogen-bond donors (Lipinski definition) is 1. The number of nitrogens with zero attached hydrogens (tertiary/aromatic N) is 2. The minimum absolute atomic E-state index is 0.622. The van der Waals surface area contributed by atoms with E-state index in [1.54, 1.807) is 4.68 Å². The Morgan fingerprint density at radius 1 is 1.32 bits per heavy atom. The van der Waals surface area contributed by atoms with Gasteiger partial charge in [-0.05, 0) is 37.5 Å². The van der Waals surface area contributed by atoms with Crippen LogP contribution in [0.2, 0.25) is 0 Å². The van der Waals surface area contributed by atoms with Crippen molar-refractivity contribution < 1.29 is 4.74 Å². The number of nitrogen functional groups attached to an aromatic ring is 1. The van der Waals surface area contributed by atoms with Crippen LogP contribution >= 0.6 is 0 Å². The fourth-order valence-corrected chi connectivity index (χ4v) is 2.06. The third-order valence-corrected chi connectivity index (χ3v) is 3.35. The maximum absolute atomic E-state index is 6.12. The minimum Gasteiger partial charge on any atom is -0.437 e. The smallest absolute Gasteiger partial charge is 0.241 e. The Morgan fingerprint density at radius 2 is 2.05 bits per heavy atom. The van der Waals surface area contributed by atoms with Crippen molar-refractivity contribution in [1.82, 2.24) is 9.78 Å². The number of aromatic nitrogens is 2. The molecule has 0 atom stereocenters. The number of ether oxygens (including phenoxy) is 1. The molecule has 0 aliphatic rings. The van der Waals surface area contributed by atoms with Crippen LogP contribution in [0.5, 0.6) is 11.6 Å². The summed E-state index contributed by atoms with van der Waals surface area (Å²) in [5, 5.41) is 4.41. The van der Waals surface area contributed by atoms with Gasteiger partial charge < -0.3 is 10.5 Å². The second-order valence-electron chi connectivity index (χ2n) is 4.84. The first-order valence-corrected chi connectivity index (χ1v) is 6.60. The van der Waals surface area contributed by atoms with Crippen molar-refractivity contribution in [2.75, 3.05) is 5.73 Å². The molecule has 1 heterocycles. The summed E-state index contributed by atoms with van der Waals surface area (Å²) in [5.74, 6) is 1.45. The van der Waals surface area contributed by atoms with Crippen LogP contribution in [0.1, 0.15) is 30.2 Å². The Labute approximate surface area is 114 Å². The Morgan fingerprint density at radius 3 is 2.74 bits per heavy atom. The molecule has 2 N–H and O–H groups in total. The van der Waals surface area contributed by atoms with Gasteiger partial charge in [0.25, 0.3) is 0 Å². The summed E-state index contributed by atoms with van der Waals surface area (Å²) in [4.78, 5) is 0. The lowest BCUT2D eigenvalue weighted by Gasteiger charge is -2.10. The van der Waals surface area contributed by atoms with Gasteiger partial charge in [-0.15, -0.1) is 0 Å². The van der Waals surface area contributed by atoms with Crippen LogP contribution < -0.4 is 10.5 Å². The lowest BCUT2D eigenvalue weighted by Crippen LogP contribution is -1.98. The molecule has 0 fully saturated rings. The van der Waals surface area contributed by atoms with Gasteiger partial charge in [0.1, 0.15) is 11.4 Å². The number of nitrogens with two attached hydrogens (primary N) is 1. The van der Waals surface area contributed by atoms with Crippen LogP contribution in [0, 0.1) is 13.8 Å². The quantitative estimate of drug-likeness (QED) is 0.916. The summed E-state index contributed by atoms with van der Waals surface area (Å²) in [5.41, 5.74) is 10.00. The van der Waals surface area contributed by atoms with Crippen molar-refractivity contribution in [3.8, 4) is 11.6 Å². The van der Waals surface area contributed by atoms with Gasteiger partial charge in [0, 0.05) is 7.05 Å². The van der Waals surface area contributed by atoms with Crippen LogP contribution in [0.15, 0.2) is 18.2 Å². The van der Waals surface area contributed by atoms with E-state index in [4.69, 9.17) is 10.5 Å². The van der Waals surface area contributed by atoms with E-state index >= 15 is 0 Å². The molecule has 0 saturated heterocycles. The predicted molar refractivity (Wildman–Crippen MR) is 77.6 cm³/mol. The lowest BCUT2D eigenvalue weighted by atomic mass is 10.1. The van der Waals surface area contributed by atoms with Crippen molar-refractivity contribution in [3.63, 3.8) is 0 Å². The first kappa shape index (κ1) is 13.5. The van der Waals surface area contributed by atoms with Gasteiger partial charge in [0.2, 0.25) is 5.88 Å². The summed E-state index contributed by atoms with van der Waals surface area (Å²) < 4.78 is 7.66. The Hall–Kier alpha value is -1.97. The van der Waals surface area contributed by atoms with E-state index in [1.165, 1.54) is 5.56 Å². The van der Waals surface area contributed by atoms with E-state index in [0.717, 1.165) is 29.8 Å². The van der Waals surface area contributed by atoms with Gasteiger partial charge in [0.05, 0.1) is 5.69 Å². The van der Waals surface area contributed by atoms with Gasteiger partial charge in [-0.3, -0.25) is 0 Å². The SMILES string of the molecule is CCCc1nn(C)c(Oc2cccc(C)c2C)c1N. The Kier molecular flexibility index (Phi) is 3.79. The first-order chi connectivity index (χ1) is 9.04. The van der Waals surface area contributed by atoms with Crippen molar-refractivity contribution in [2.24, 2.45) is 7.05 Å². The molecule has 2 rings (SSSR count). The highest BCUT2D eigenvalue weighted by Crippen LogP contribution is 2.32. The molecule has 2 aromatic rings. The van der Waals surface area contributed by atoms with E-state index in [1.807, 2.05) is 26.1 Å². The van der Waals surface area contributed by atoms with Crippen molar-refractivity contribution in [2.45, 2.75) is 33.6 Å². The van der Waals surface area contributed by atoms with Crippen molar-refractivity contribution in [1.29, 1.82) is 0 Å². The number of anilines is 1. The normalized spacial score (nSPS) is 10.7. The Balaban J connectivity index is 2.36. The number of hydrogen-bond acceptors (Lipinski definition) is 3. The molecular formula is C15H21N3O. The van der Waals surface area contributed by atoms with Crippen LogP contribution in [0.25, 0.3) is 0 Å². The maximum Gasteiger partial charge on any atom is 0.241 e. The van der Waals surface area contributed by atoms with E-state index in [2.05, 4.69) is 25.0 Å². The lowest BCUT2D eigenvalue weighted by molar-refractivity contribution is 0.429. The average Bonchev–Trinajstić information content (AvgIpc) is 2.63. The van der Waals surface area contributed by atoms with Gasteiger partial charge in [-0.1, -0.05) is 25.5 Å².